The summed E-state index contributed by atoms with van der Waals surface area (Å²) in [5, 5.41) is 3.39. The summed E-state index contributed by atoms with van der Waals surface area (Å²) in [6.07, 6.45) is 2.23. The number of carbonyl (C=O) groups is 1. The highest BCUT2D eigenvalue weighted by atomic mass is 16.2. The number of amides is 1. The summed E-state index contributed by atoms with van der Waals surface area (Å²) < 4.78 is 0. The Bertz CT molecular complexity index is 369. The molecule has 1 aliphatic rings. The lowest BCUT2D eigenvalue weighted by Gasteiger charge is -2.32. The van der Waals surface area contributed by atoms with E-state index < -0.39 is 0 Å². The first-order valence-electron chi connectivity index (χ1n) is 6.86. The summed E-state index contributed by atoms with van der Waals surface area (Å²) in [4.78, 5) is 14.2. The molecular weight excluding hydrogens is 224 g/mol. The molecule has 1 N–H and O–H groups in total. The maximum Gasteiger partial charge on any atom is 0.253 e. The first-order valence-corrected chi connectivity index (χ1v) is 6.86. The second-order valence-electron chi connectivity index (χ2n) is 4.91. The van der Waals surface area contributed by atoms with Gasteiger partial charge in [0.25, 0.3) is 5.91 Å². The van der Waals surface area contributed by atoms with Gasteiger partial charge < -0.3 is 10.2 Å². The number of nitrogens with one attached hydrogen (secondary N) is 1. The molecule has 1 aromatic rings. The second kappa shape index (κ2) is 6.55. The Hall–Kier alpha value is -1.35. The van der Waals surface area contributed by atoms with Crippen LogP contribution in [0.5, 0.6) is 0 Å². The van der Waals surface area contributed by atoms with Crippen LogP contribution in [-0.4, -0.2) is 37.0 Å². The van der Waals surface area contributed by atoms with Gasteiger partial charge in [0.05, 0.1) is 0 Å². The summed E-state index contributed by atoms with van der Waals surface area (Å²) in [7, 11) is 0. The molecule has 0 radical (unpaired) electrons. The van der Waals surface area contributed by atoms with Crippen molar-refractivity contribution in [3.8, 4) is 0 Å². The van der Waals surface area contributed by atoms with Crippen molar-refractivity contribution < 1.29 is 4.79 Å². The van der Waals surface area contributed by atoms with E-state index >= 15 is 0 Å². The van der Waals surface area contributed by atoms with E-state index in [1.54, 1.807) is 0 Å². The number of piperidine rings is 1. The van der Waals surface area contributed by atoms with Crippen LogP contribution < -0.4 is 5.32 Å². The van der Waals surface area contributed by atoms with Crippen LogP contribution in [0, 0.1) is 5.92 Å². The van der Waals surface area contributed by atoms with E-state index in [9.17, 15) is 4.79 Å². The summed E-state index contributed by atoms with van der Waals surface area (Å²) in [5.41, 5.74) is 0.808. The molecule has 2 rings (SSSR count). The molecule has 0 unspecified atom stereocenters. The minimum Gasteiger partial charge on any atom is -0.339 e. The Morgan fingerprint density at radius 2 is 1.94 bits per heavy atom. The van der Waals surface area contributed by atoms with Crippen LogP contribution >= 0.6 is 0 Å². The zero-order valence-corrected chi connectivity index (χ0v) is 11.1. The Balaban J connectivity index is 1.84. The van der Waals surface area contributed by atoms with E-state index in [-0.39, 0.29) is 5.91 Å². The van der Waals surface area contributed by atoms with Crippen LogP contribution in [0.1, 0.15) is 30.1 Å². The van der Waals surface area contributed by atoms with Gasteiger partial charge >= 0.3 is 0 Å². The molecule has 0 bridgehead atoms. The van der Waals surface area contributed by atoms with E-state index in [2.05, 4.69) is 12.2 Å². The van der Waals surface area contributed by atoms with Gasteiger partial charge in [-0.05, 0) is 44.0 Å². The molecule has 0 aromatic heterocycles. The van der Waals surface area contributed by atoms with E-state index in [0.29, 0.717) is 0 Å². The number of nitrogens with zero attached hydrogens (tertiary/aromatic N) is 1. The number of carbonyl (C=O) groups excluding carboxylic acids is 1. The van der Waals surface area contributed by atoms with Gasteiger partial charge in [-0.2, -0.15) is 0 Å². The van der Waals surface area contributed by atoms with Gasteiger partial charge in [-0.15, -0.1) is 0 Å². The third-order valence-corrected chi connectivity index (χ3v) is 3.61. The first-order chi connectivity index (χ1) is 8.81. The molecule has 1 amide bonds. The van der Waals surface area contributed by atoms with Gasteiger partial charge in [0.15, 0.2) is 0 Å². The molecule has 0 aliphatic carbocycles. The fraction of sp³-hybridized carbons (Fsp3) is 0.533. The smallest absolute Gasteiger partial charge is 0.253 e. The predicted octanol–water partition coefficient (Wildman–Crippen LogP) is 2.15. The van der Waals surface area contributed by atoms with Crippen LogP contribution in [-0.2, 0) is 0 Å². The van der Waals surface area contributed by atoms with Crippen molar-refractivity contribution in [3.05, 3.63) is 35.9 Å². The number of hydrogen-bond donors (Lipinski definition) is 1. The maximum atomic E-state index is 12.2. The molecule has 0 spiro atoms. The van der Waals surface area contributed by atoms with E-state index in [4.69, 9.17) is 0 Å². The van der Waals surface area contributed by atoms with Crippen molar-refractivity contribution in [2.24, 2.45) is 5.92 Å². The van der Waals surface area contributed by atoms with Crippen molar-refractivity contribution in [3.63, 3.8) is 0 Å². The summed E-state index contributed by atoms with van der Waals surface area (Å²) >= 11 is 0. The molecule has 1 saturated heterocycles. The SMILES string of the molecule is CCNCC1CCN(C(=O)c2ccccc2)CC1. The van der Waals surface area contributed by atoms with E-state index in [1.807, 2.05) is 35.2 Å². The van der Waals surface area contributed by atoms with Crippen LogP contribution in [0.2, 0.25) is 0 Å². The quantitative estimate of drug-likeness (QED) is 0.883. The molecule has 0 saturated carbocycles. The lowest BCUT2D eigenvalue weighted by atomic mass is 9.96. The standard InChI is InChI=1S/C15H22N2O/c1-2-16-12-13-8-10-17(11-9-13)15(18)14-6-4-3-5-7-14/h3-7,13,16H,2,8-12H2,1H3. The molecule has 1 heterocycles. The highest BCUT2D eigenvalue weighted by Gasteiger charge is 2.22. The molecule has 98 valence electrons. The summed E-state index contributed by atoms with van der Waals surface area (Å²) in [5.74, 6) is 0.905. The summed E-state index contributed by atoms with van der Waals surface area (Å²) in [6, 6.07) is 9.58. The van der Waals surface area contributed by atoms with Gasteiger partial charge in [0.1, 0.15) is 0 Å². The van der Waals surface area contributed by atoms with Gasteiger partial charge in [-0.25, -0.2) is 0 Å². The average Bonchev–Trinajstić information content (AvgIpc) is 2.46. The third-order valence-electron chi connectivity index (χ3n) is 3.61. The maximum absolute atomic E-state index is 12.2. The fourth-order valence-corrected chi connectivity index (χ4v) is 2.45. The van der Waals surface area contributed by atoms with Crippen molar-refractivity contribution in [2.45, 2.75) is 19.8 Å². The number of hydrogen-bond acceptors (Lipinski definition) is 2. The largest absolute Gasteiger partial charge is 0.339 e. The van der Waals surface area contributed by atoms with Gasteiger partial charge in [-0.1, -0.05) is 25.1 Å². The predicted molar refractivity (Wildman–Crippen MR) is 73.6 cm³/mol. The minimum absolute atomic E-state index is 0.178. The van der Waals surface area contributed by atoms with Crippen LogP contribution in [0.25, 0.3) is 0 Å². The Morgan fingerprint density at radius 3 is 2.56 bits per heavy atom. The van der Waals surface area contributed by atoms with Crippen molar-refractivity contribution >= 4 is 5.91 Å². The van der Waals surface area contributed by atoms with Crippen molar-refractivity contribution in [1.29, 1.82) is 0 Å². The topological polar surface area (TPSA) is 32.3 Å². The monoisotopic (exact) mass is 246 g/mol. The Morgan fingerprint density at radius 1 is 1.28 bits per heavy atom. The molecule has 0 atom stereocenters. The molecule has 1 aliphatic heterocycles. The normalized spacial score (nSPS) is 16.8. The third kappa shape index (κ3) is 3.33. The molecule has 3 nitrogen and oxygen atoms in total. The lowest BCUT2D eigenvalue weighted by Crippen LogP contribution is -2.40. The summed E-state index contributed by atoms with van der Waals surface area (Å²) in [6.45, 7) is 6.04. The highest BCUT2D eigenvalue weighted by molar-refractivity contribution is 5.94. The second-order valence-corrected chi connectivity index (χ2v) is 4.91. The molecule has 3 heteroatoms. The average molecular weight is 246 g/mol. The first kappa shape index (κ1) is 13.1. The molecule has 18 heavy (non-hydrogen) atoms. The van der Waals surface area contributed by atoms with Crippen LogP contribution in [0.4, 0.5) is 0 Å². The van der Waals surface area contributed by atoms with Gasteiger partial charge in [0.2, 0.25) is 0 Å². The van der Waals surface area contributed by atoms with E-state index in [0.717, 1.165) is 50.5 Å². The highest BCUT2D eigenvalue weighted by Crippen LogP contribution is 2.18. The van der Waals surface area contributed by atoms with Gasteiger partial charge in [0, 0.05) is 18.7 Å². The molecule has 1 aromatic carbocycles. The van der Waals surface area contributed by atoms with Crippen molar-refractivity contribution in [2.75, 3.05) is 26.2 Å². The molecular formula is C15H22N2O. The zero-order valence-electron chi connectivity index (χ0n) is 11.1. The zero-order chi connectivity index (χ0) is 12.8. The Labute approximate surface area is 109 Å². The van der Waals surface area contributed by atoms with Crippen LogP contribution in [0.15, 0.2) is 30.3 Å². The number of likely N-dealkylation sites (tertiary alicyclic amines) is 1. The minimum atomic E-state index is 0.178. The van der Waals surface area contributed by atoms with Gasteiger partial charge in [-0.3, -0.25) is 4.79 Å². The fourth-order valence-electron chi connectivity index (χ4n) is 2.45. The molecule has 1 fully saturated rings. The van der Waals surface area contributed by atoms with Crippen molar-refractivity contribution in [1.82, 2.24) is 10.2 Å². The number of benzene rings is 1. The Kier molecular flexibility index (Phi) is 4.76. The number of rotatable bonds is 4. The van der Waals surface area contributed by atoms with E-state index in [1.165, 1.54) is 0 Å². The lowest BCUT2D eigenvalue weighted by molar-refractivity contribution is 0.0690. The van der Waals surface area contributed by atoms with Crippen LogP contribution in [0.3, 0.4) is 0 Å².